The van der Waals surface area contributed by atoms with Crippen molar-refractivity contribution < 1.29 is 4.74 Å². The van der Waals surface area contributed by atoms with E-state index in [1.165, 1.54) is 0 Å². The summed E-state index contributed by atoms with van der Waals surface area (Å²) >= 11 is 0. The Bertz CT molecular complexity index is 89.1. The number of ether oxygens (including phenoxy) is 1. The molecule has 0 aliphatic carbocycles. The normalized spacial score (nSPS) is 21.8. The molecule has 52 valence electrons. The second-order valence-corrected chi connectivity index (χ2v) is 2.10. The van der Waals surface area contributed by atoms with Crippen molar-refractivity contribution in [1.82, 2.24) is 4.90 Å². The van der Waals surface area contributed by atoms with E-state index < -0.39 is 0 Å². The molecule has 0 aromatic carbocycles. The topological polar surface area (TPSA) is 24.8 Å². The van der Waals surface area contributed by atoms with Gasteiger partial charge in [0.1, 0.15) is 0 Å². The molecular weight excluding hydrogens is 116 g/mol. The fourth-order valence-corrected chi connectivity index (χ4v) is 0.884. The van der Waals surface area contributed by atoms with Gasteiger partial charge < -0.3 is 4.74 Å². The molecule has 3 nitrogen and oxygen atoms in total. The lowest BCUT2D eigenvalue weighted by Gasteiger charge is -2.24. The van der Waals surface area contributed by atoms with E-state index in [4.69, 9.17) is 4.74 Å². The van der Waals surface area contributed by atoms with E-state index in [2.05, 4.69) is 16.6 Å². The summed E-state index contributed by atoms with van der Waals surface area (Å²) in [5.74, 6) is 0. The summed E-state index contributed by atoms with van der Waals surface area (Å²) in [6, 6.07) is 0. The van der Waals surface area contributed by atoms with Crippen LogP contribution in [0.2, 0.25) is 0 Å². The minimum Gasteiger partial charge on any atom is -0.379 e. The van der Waals surface area contributed by atoms with Crippen LogP contribution in [0.3, 0.4) is 0 Å². The highest BCUT2D eigenvalue weighted by atomic mass is 16.5. The monoisotopic (exact) mass is 128 g/mol. The number of morpholine rings is 1. The molecule has 0 spiro atoms. The van der Waals surface area contributed by atoms with E-state index in [9.17, 15) is 0 Å². The Morgan fingerprint density at radius 1 is 1.44 bits per heavy atom. The van der Waals surface area contributed by atoms with E-state index in [1.54, 1.807) is 0 Å². The van der Waals surface area contributed by atoms with Gasteiger partial charge in [0.05, 0.1) is 19.9 Å². The third-order valence-corrected chi connectivity index (χ3v) is 1.40. The quantitative estimate of drug-likeness (QED) is 0.488. The highest BCUT2D eigenvalue weighted by Gasteiger charge is 2.07. The van der Waals surface area contributed by atoms with Gasteiger partial charge in [0, 0.05) is 13.1 Å². The molecule has 1 rings (SSSR count). The van der Waals surface area contributed by atoms with Crippen LogP contribution in [-0.4, -0.2) is 44.6 Å². The Morgan fingerprint density at radius 3 is 2.67 bits per heavy atom. The van der Waals surface area contributed by atoms with Crippen LogP contribution in [0.1, 0.15) is 0 Å². The zero-order chi connectivity index (χ0) is 6.53. The molecule has 0 amide bonds. The molecular formula is C6H12N2O. The van der Waals surface area contributed by atoms with Crippen molar-refractivity contribution in [3.05, 3.63) is 0 Å². The Labute approximate surface area is 55.3 Å². The number of rotatable bonds is 2. The van der Waals surface area contributed by atoms with Gasteiger partial charge in [-0.05, 0) is 6.72 Å². The van der Waals surface area contributed by atoms with Gasteiger partial charge in [-0.25, -0.2) is 0 Å². The number of hydrogen-bond acceptors (Lipinski definition) is 3. The van der Waals surface area contributed by atoms with Crippen molar-refractivity contribution >= 4 is 6.72 Å². The van der Waals surface area contributed by atoms with Gasteiger partial charge in [0.15, 0.2) is 0 Å². The molecule has 1 aliphatic rings. The van der Waals surface area contributed by atoms with Crippen LogP contribution >= 0.6 is 0 Å². The van der Waals surface area contributed by atoms with Gasteiger partial charge in [-0.2, -0.15) is 0 Å². The first-order valence-electron chi connectivity index (χ1n) is 3.16. The third-order valence-electron chi connectivity index (χ3n) is 1.40. The average molecular weight is 128 g/mol. The fraction of sp³-hybridized carbons (Fsp3) is 0.833. The second-order valence-electron chi connectivity index (χ2n) is 2.10. The lowest BCUT2D eigenvalue weighted by Crippen LogP contribution is -2.36. The summed E-state index contributed by atoms with van der Waals surface area (Å²) in [6.07, 6.45) is 0. The van der Waals surface area contributed by atoms with Crippen molar-refractivity contribution in [2.45, 2.75) is 0 Å². The lowest BCUT2D eigenvalue weighted by atomic mass is 10.5. The highest BCUT2D eigenvalue weighted by molar-refractivity contribution is 5.22. The Hall–Kier alpha value is -0.410. The number of hydrogen-bond donors (Lipinski definition) is 0. The van der Waals surface area contributed by atoms with E-state index in [-0.39, 0.29) is 0 Å². The molecule has 0 unspecified atom stereocenters. The minimum absolute atomic E-state index is 0.753. The summed E-state index contributed by atoms with van der Waals surface area (Å²) in [5, 5.41) is 0. The van der Waals surface area contributed by atoms with Crippen LogP contribution in [-0.2, 0) is 4.74 Å². The number of nitrogens with zero attached hydrogens (tertiary/aromatic N) is 2. The molecule has 1 fully saturated rings. The van der Waals surface area contributed by atoms with Crippen LogP contribution in [0.5, 0.6) is 0 Å². The van der Waals surface area contributed by atoms with Crippen molar-refractivity contribution in [2.75, 3.05) is 33.0 Å². The third kappa shape index (κ3) is 2.11. The molecule has 1 aliphatic heterocycles. The lowest BCUT2D eigenvalue weighted by molar-refractivity contribution is 0.0395. The predicted molar refractivity (Wildman–Crippen MR) is 36.8 cm³/mol. The zero-order valence-corrected chi connectivity index (χ0v) is 5.55. The number of aliphatic imine (C=N–C) groups is 1. The van der Waals surface area contributed by atoms with Crippen LogP contribution in [0.25, 0.3) is 0 Å². The maximum Gasteiger partial charge on any atom is 0.0903 e. The molecule has 0 radical (unpaired) electrons. The zero-order valence-electron chi connectivity index (χ0n) is 5.55. The van der Waals surface area contributed by atoms with Gasteiger partial charge >= 0.3 is 0 Å². The van der Waals surface area contributed by atoms with Gasteiger partial charge in [0.25, 0.3) is 0 Å². The molecule has 0 saturated carbocycles. The van der Waals surface area contributed by atoms with Crippen molar-refractivity contribution in [1.29, 1.82) is 0 Å². The first kappa shape index (κ1) is 6.71. The predicted octanol–water partition coefficient (Wildman–Crippen LogP) is -0.0233. The molecule has 0 aromatic heterocycles. The standard InChI is InChI=1S/C6H12N2O/c1-7-6-8-2-4-9-5-3-8/h1-6H2. The molecule has 0 bridgehead atoms. The van der Waals surface area contributed by atoms with Crippen LogP contribution in [0.15, 0.2) is 4.99 Å². The molecule has 9 heavy (non-hydrogen) atoms. The van der Waals surface area contributed by atoms with Gasteiger partial charge in [-0.15, -0.1) is 0 Å². The minimum atomic E-state index is 0.753. The van der Waals surface area contributed by atoms with E-state index in [1.807, 2.05) is 0 Å². The van der Waals surface area contributed by atoms with Gasteiger partial charge in [-0.1, -0.05) is 0 Å². The van der Waals surface area contributed by atoms with E-state index in [0.29, 0.717) is 0 Å². The molecule has 1 saturated heterocycles. The summed E-state index contributed by atoms with van der Waals surface area (Å²) in [6.45, 7) is 7.86. The fourth-order valence-electron chi connectivity index (χ4n) is 0.884. The van der Waals surface area contributed by atoms with Gasteiger partial charge in [-0.3, -0.25) is 9.89 Å². The molecule has 0 atom stereocenters. The maximum atomic E-state index is 5.14. The van der Waals surface area contributed by atoms with Gasteiger partial charge in [0.2, 0.25) is 0 Å². The van der Waals surface area contributed by atoms with Crippen LogP contribution < -0.4 is 0 Å². The summed E-state index contributed by atoms with van der Waals surface area (Å²) in [4.78, 5) is 6.00. The van der Waals surface area contributed by atoms with Crippen molar-refractivity contribution in [3.8, 4) is 0 Å². The smallest absolute Gasteiger partial charge is 0.0903 e. The van der Waals surface area contributed by atoms with Crippen molar-refractivity contribution in [3.63, 3.8) is 0 Å². The molecule has 0 aromatic rings. The molecule has 3 heteroatoms. The first-order valence-corrected chi connectivity index (χ1v) is 3.16. The van der Waals surface area contributed by atoms with Crippen LogP contribution in [0, 0.1) is 0 Å². The summed E-state index contributed by atoms with van der Waals surface area (Å²) in [7, 11) is 0. The Morgan fingerprint density at radius 2 is 2.11 bits per heavy atom. The summed E-state index contributed by atoms with van der Waals surface area (Å²) < 4.78 is 5.14. The average Bonchev–Trinajstić information content (AvgIpc) is 1.91. The van der Waals surface area contributed by atoms with Crippen LogP contribution in [0.4, 0.5) is 0 Å². The van der Waals surface area contributed by atoms with E-state index in [0.717, 1.165) is 33.0 Å². The first-order chi connectivity index (χ1) is 4.43. The van der Waals surface area contributed by atoms with Crippen molar-refractivity contribution in [2.24, 2.45) is 4.99 Å². The van der Waals surface area contributed by atoms with E-state index >= 15 is 0 Å². The second kappa shape index (κ2) is 3.58. The Balaban J connectivity index is 2.15. The SMILES string of the molecule is C=NCN1CCOCC1. The Kier molecular flexibility index (Phi) is 2.67. The molecule has 0 N–H and O–H groups in total. The largest absolute Gasteiger partial charge is 0.379 e. The summed E-state index contributed by atoms with van der Waals surface area (Å²) in [5.41, 5.74) is 0. The maximum absolute atomic E-state index is 5.14. The highest BCUT2D eigenvalue weighted by Crippen LogP contribution is 1.94. The molecule has 1 heterocycles.